The zero-order chi connectivity index (χ0) is 19.0. The highest BCUT2D eigenvalue weighted by Crippen LogP contribution is 2.27. The summed E-state index contributed by atoms with van der Waals surface area (Å²) in [4.78, 5) is 34.7. The van der Waals surface area contributed by atoms with Gasteiger partial charge in [-0.2, -0.15) is 0 Å². The maximum Gasteiger partial charge on any atom is 0.254 e. The predicted octanol–water partition coefficient (Wildman–Crippen LogP) is 1.34. The fourth-order valence-electron chi connectivity index (χ4n) is 3.54. The van der Waals surface area contributed by atoms with E-state index < -0.39 is 0 Å². The minimum atomic E-state index is -0.145. The Kier molecular flexibility index (Phi) is 4.37. The Morgan fingerprint density at radius 3 is 2.52 bits per heavy atom. The second-order valence-electron chi connectivity index (χ2n) is 6.38. The fraction of sp³-hybridized carbons (Fsp3) is 0.250. The van der Waals surface area contributed by atoms with E-state index in [1.54, 1.807) is 43.6 Å². The molecule has 1 aliphatic rings. The molecule has 3 aromatic rings. The Bertz CT molecular complexity index is 1040. The fourth-order valence-corrected chi connectivity index (χ4v) is 3.54. The van der Waals surface area contributed by atoms with Crippen LogP contribution in [0.5, 0.6) is 0 Å². The molecule has 0 atom stereocenters. The van der Waals surface area contributed by atoms with Gasteiger partial charge in [-0.3, -0.25) is 9.59 Å². The molecular formula is C20H19N4O3+. The molecule has 7 nitrogen and oxygen atoms in total. The summed E-state index contributed by atoms with van der Waals surface area (Å²) in [6, 6.07) is 8.76. The van der Waals surface area contributed by atoms with E-state index in [-0.39, 0.29) is 11.6 Å². The van der Waals surface area contributed by atoms with Gasteiger partial charge in [0.05, 0.1) is 12.3 Å². The normalized spacial score (nSPS) is 12.8. The summed E-state index contributed by atoms with van der Waals surface area (Å²) < 4.78 is 8.94. The smallest absolute Gasteiger partial charge is 0.254 e. The van der Waals surface area contributed by atoms with E-state index in [1.807, 2.05) is 16.1 Å². The van der Waals surface area contributed by atoms with Crippen LogP contribution in [0.4, 0.5) is 0 Å². The van der Waals surface area contributed by atoms with E-state index in [0.717, 1.165) is 11.5 Å². The molecule has 136 valence electrons. The quantitative estimate of drug-likeness (QED) is 0.500. The van der Waals surface area contributed by atoms with Crippen molar-refractivity contribution >= 4 is 11.6 Å². The van der Waals surface area contributed by atoms with E-state index in [4.69, 9.17) is 4.74 Å². The highest BCUT2D eigenvalue weighted by Gasteiger charge is 2.42. The maximum absolute atomic E-state index is 13.3. The highest BCUT2D eigenvalue weighted by atomic mass is 16.5. The summed E-state index contributed by atoms with van der Waals surface area (Å²) in [5, 5.41) is 0. The second kappa shape index (κ2) is 6.85. The minimum Gasteiger partial charge on any atom is -0.381 e. The Hall–Kier alpha value is -3.19. The minimum absolute atomic E-state index is 0.138. The first kappa shape index (κ1) is 17.2. The van der Waals surface area contributed by atoms with Crippen molar-refractivity contribution in [1.29, 1.82) is 0 Å². The number of fused-ring (bicyclic) bond motifs is 2. The molecule has 1 aromatic carbocycles. The van der Waals surface area contributed by atoms with Gasteiger partial charge >= 0.3 is 0 Å². The number of imidazole rings is 1. The second-order valence-corrected chi connectivity index (χ2v) is 6.38. The number of rotatable bonds is 5. The summed E-state index contributed by atoms with van der Waals surface area (Å²) in [7, 11) is 1.61. The number of hydrogen-bond acceptors (Lipinski definition) is 5. The Balaban J connectivity index is 1.92. The molecule has 7 heteroatoms. The zero-order valence-corrected chi connectivity index (χ0v) is 15.2. The van der Waals surface area contributed by atoms with Gasteiger partial charge in [-0.1, -0.05) is 24.3 Å². The molecule has 0 unspecified atom stereocenters. The molecule has 0 N–H and O–H groups in total. The number of ether oxygens (including phenoxy) is 1. The SMILES string of the molecule is COCCn1c2c([n+](Cc3ccncn3)c1C)C(=O)c1ccccc1C2=O. The topological polar surface area (TPSA) is 78.0 Å². The lowest BCUT2D eigenvalue weighted by Gasteiger charge is -2.12. The third-order valence-corrected chi connectivity index (χ3v) is 4.87. The number of carbonyl (C=O) groups is 2. The van der Waals surface area contributed by atoms with E-state index in [1.165, 1.54) is 6.33 Å². The van der Waals surface area contributed by atoms with E-state index in [9.17, 15) is 9.59 Å². The van der Waals surface area contributed by atoms with Crippen molar-refractivity contribution in [2.75, 3.05) is 13.7 Å². The number of carbonyl (C=O) groups excluding carboxylic acids is 2. The average Bonchev–Trinajstić information content (AvgIpc) is 2.97. The first-order valence-electron chi connectivity index (χ1n) is 8.68. The maximum atomic E-state index is 13.3. The van der Waals surface area contributed by atoms with E-state index in [2.05, 4.69) is 9.97 Å². The predicted molar refractivity (Wildman–Crippen MR) is 95.7 cm³/mol. The molecule has 1 aliphatic carbocycles. The molecule has 0 saturated heterocycles. The average molecular weight is 363 g/mol. The molecule has 2 heterocycles. The summed E-state index contributed by atoms with van der Waals surface area (Å²) in [6.07, 6.45) is 3.14. The third kappa shape index (κ3) is 2.76. The Morgan fingerprint density at radius 1 is 1.11 bits per heavy atom. The molecular weight excluding hydrogens is 344 g/mol. The van der Waals surface area contributed by atoms with Crippen LogP contribution in [0.2, 0.25) is 0 Å². The van der Waals surface area contributed by atoms with Crippen LogP contribution >= 0.6 is 0 Å². The molecule has 0 fully saturated rings. The van der Waals surface area contributed by atoms with Gasteiger partial charge in [-0.05, 0) is 6.07 Å². The van der Waals surface area contributed by atoms with Crippen LogP contribution in [0.15, 0.2) is 42.9 Å². The number of hydrogen-bond donors (Lipinski definition) is 0. The van der Waals surface area contributed by atoms with Gasteiger partial charge < -0.3 is 4.74 Å². The van der Waals surface area contributed by atoms with Crippen LogP contribution in [0.3, 0.4) is 0 Å². The third-order valence-electron chi connectivity index (χ3n) is 4.87. The van der Waals surface area contributed by atoms with Crippen LogP contribution in [0.1, 0.15) is 43.6 Å². The van der Waals surface area contributed by atoms with Crippen molar-refractivity contribution in [3.63, 3.8) is 0 Å². The molecule has 0 amide bonds. The van der Waals surface area contributed by atoms with Crippen LogP contribution in [0.25, 0.3) is 0 Å². The van der Waals surface area contributed by atoms with Crippen LogP contribution in [0, 0.1) is 6.92 Å². The van der Waals surface area contributed by atoms with Crippen molar-refractivity contribution in [2.45, 2.75) is 20.0 Å². The molecule has 27 heavy (non-hydrogen) atoms. The van der Waals surface area contributed by atoms with Gasteiger partial charge in [0.2, 0.25) is 23.0 Å². The van der Waals surface area contributed by atoms with Gasteiger partial charge in [-0.15, -0.1) is 0 Å². The number of aromatic nitrogens is 4. The van der Waals surface area contributed by atoms with Crippen LogP contribution in [-0.2, 0) is 17.8 Å². The van der Waals surface area contributed by atoms with Gasteiger partial charge in [0.25, 0.3) is 5.82 Å². The van der Waals surface area contributed by atoms with Gasteiger partial charge in [0.1, 0.15) is 19.4 Å². The number of nitrogens with zero attached hydrogens (tertiary/aromatic N) is 4. The molecule has 0 bridgehead atoms. The van der Waals surface area contributed by atoms with Crippen LogP contribution < -0.4 is 4.57 Å². The van der Waals surface area contributed by atoms with E-state index >= 15 is 0 Å². The molecule has 0 radical (unpaired) electrons. The summed E-state index contributed by atoms with van der Waals surface area (Å²) in [5.74, 6) is 0.527. The lowest BCUT2D eigenvalue weighted by molar-refractivity contribution is -0.696. The zero-order valence-electron chi connectivity index (χ0n) is 15.2. The number of methoxy groups -OCH3 is 1. The Labute approximate surface area is 156 Å². The van der Waals surface area contributed by atoms with Crippen molar-refractivity contribution in [1.82, 2.24) is 14.5 Å². The van der Waals surface area contributed by atoms with Crippen LogP contribution in [-0.4, -0.2) is 39.8 Å². The first-order chi connectivity index (χ1) is 13.1. The Morgan fingerprint density at radius 2 is 1.85 bits per heavy atom. The lowest BCUT2D eigenvalue weighted by Crippen LogP contribution is -2.43. The van der Waals surface area contributed by atoms with Gasteiger partial charge in [0.15, 0.2) is 0 Å². The molecule has 0 spiro atoms. The summed E-state index contributed by atoms with van der Waals surface area (Å²) in [6.45, 7) is 3.22. The largest absolute Gasteiger partial charge is 0.381 e. The van der Waals surface area contributed by atoms with E-state index in [0.29, 0.717) is 42.2 Å². The van der Waals surface area contributed by atoms with Crippen molar-refractivity contribution in [2.24, 2.45) is 0 Å². The molecule has 0 saturated carbocycles. The van der Waals surface area contributed by atoms with Gasteiger partial charge in [0, 0.05) is 31.4 Å². The van der Waals surface area contributed by atoms with Crippen molar-refractivity contribution < 1.29 is 18.9 Å². The summed E-state index contributed by atoms with van der Waals surface area (Å²) in [5.41, 5.74) is 2.48. The summed E-state index contributed by atoms with van der Waals surface area (Å²) >= 11 is 0. The molecule has 0 aliphatic heterocycles. The highest BCUT2D eigenvalue weighted by molar-refractivity contribution is 6.26. The molecule has 2 aromatic heterocycles. The monoisotopic (exact) mass is 363 g/mol. The standard InChI is InChI=1S/C20H19N4O3/c1-13-23(9-10-27-2)17-18(24(13)11-14-7-8-21-12-22-14)20(26)16-6-4-3-5-15(16)19(17)25/h3-8,12H,9-11H2,1-2H3/q+1. The lowest BCUT2D eigenvalue weighted by atomic mass is 9.90. The number of ketones is 2. The van der Waals surface area contributed by atoms with Gasteiger partial charge in [-0.25, -0.2) is 19.1 Å². The number of benzene rings is 1. The first-order valence-corrected chi connectivity index (χ1v) is 8.68. The van der Waals surface area contributed by atoms with Crippen molar-refractivity contribution in [3.05, 3.63) is 76.9 Å². The molecule has 4 rings (SSSR count). The van der Waals surface area contributed by atoms with Crippen molar-refractivity contribution in [3.8, 4) is 0 Å².